The van der Waals surface area contributed by atoms with Crippen LogP contribution in [0.25, 0.3) is 0 Å². The summed E-state index contributed by atoms with van der Waals surface area (Å²) in [6, 6.07) is 3.97. The Morgan fingerprint density at radius 2 is 2.33 bits per heavy atom. The molecule has 1 saturated carbocycles. The van der Waals surface area contributed by atoms with Crippen LogP contribution in [0.3, 0.4) is 0 Å². The molecular formula is C10H14N2. The molecule has 1 aliphatic heterocycles. The lowest BCUT2D eigenvalue weighted by Crippen LogP contribution is -2.29. The summed E-state index contributed by atoms with van der Waals surface area (Å²) in [6.45, 7) is 4.42. The van der Waals surface area contributed by atoms with Crippen molar-refractivity contribution in [2.45, 2.75) is 38.8 Å². The molecule has 3 atom stereocenters. The van der Waals surface area contributed by atoms with Crippen LogP contribution in [-0.2, 0) is 0 Å². The third kappa shape index (κ3) is 1.37. The molecule has 2 nitrogen and oxygen atoms in total. The van der Waals surface area contributed by atoms with Crippen LogP contribution in [0.15, 0.2) is 4.99 Å². The van der Waals surface area contributed by atoms with E-state index in [0.29, 0.717) is 18.0 Å². The largest absolute Gasteiger partial charge is 0.306 e. The summed E-state index contributed by atoms with van der Waals surface area (Å²) < 4.78 is 0. The smallest absolute Gasteiger partial charge is 0.0548 e. The summed E-state index contributed by atoms with van der Waals surface area (Å²) in [5.74, 6) is 3.67. The van der Waals surface area contributed by atoms with E-state index in [2.05, 4.69) is 36.1 Å². The Morgan fingerprint density at radius 3 is 3.17 bits per heavy atom. The molecule has 3 unspecified atom stereocenters. The minimum absolute atomic E-state index is 0.521. The molecule has 2 rings (SSSR count). The predicted molar refractivity (Wildman–Crippen MR) is 50.0 cm³/mol. The molecule has 0 amide bonds. The highest BCUT2D eigenvalue weighted by Crippen LogP contribution is 2.27. The highest BCUT2D eigenvalue weighted by Gasteiger charge is 2.42. The lowest BCUT2D eigenvalue weighted by molar-refractivity contribution is 0.511. The molecule has 1 aliphatic carbocycles. The van der Waals surface area contributed by atoms with Crippen LogP contribution in [0.4, 0.5) is 0 Å². The first-order valence-electron chi connectivity index (χ1n) is 4.60. The van der Waals surface area contributed by atoms with Crippen molar-refractivity contribution in [3.63, 3.8) is 0 Å². The lowest BCUT2D eigenvalue weighted by Gasteiger charge is -2.10. The second kappa shape index (κ2) is 2.91. The lowest BCUT2D eigenvalue weighted by atomic mass is 10.2. The van der Waals surface area contributed by atoms with E-state index in [1.54, 1.807) is 0 Å². The molecule has 0 radical (unpaired) electrons. The van der Waals surface area contributed by atoms with Gasteiger partial charge in [-0.1, -0.05) is 12.8 Å². The van der Waals surface area contributed by atoms with Gasteiger partial charge in [-0.25, -0.2) is 4.99 Å². The highest BCUT2D eigenvalue weighted by atomic mass is 15.0. The number of aliphatic imine (C=N–C) groups is 1. The number of nitrogens with zero attached hydrogens (tertiary/aromatic N) is 1. The van der Waals surface area contributed by atoms with Gasteiger partial charge in [0.2, 0.25) is 0 Å². The van der Waals surface area contributed by atoms with Gasteiger partial charge >= 0.3 is 0 Å². The van der Waals surface area contributed by atoms with Crippen LogP contribution in [0.1, 0.15) is 26.7 Å². The van der Waals surface area contributed by atoms with E-state index in [0.717, 1.165) is 12.8 Å². The van der Waals surface area contributed by atoms with Gasteiger partial charge in [0.05, 0.1) is 11.8 Å². The summed E-state index contributed by atoms with van der Waals surface area (Å²) >= 11 is 0. The predicted octanol–water partition coefficient (Wildman–Crippen LogP) is 1.18. The first-order valence-corrected chi connectivity index (χ1v) is 4.60. The minimum atomic E-state index is 0.521. The van der Waals surface area contributed by atoms with Crippen LogP contribution >= 0.6 is 0 Å². The molecular weight excluding hydrogens is 148 g/mol. The van der Waals surface area contributed by atoms with Crippen molar-refractivity contribution in [2.24, 2.45) is 10.9 Å². The van der Waals surface area contributed by atoms with E-state index < -0.39 is 0 Å². The molecule has 12 heavy (non-hydrogen) atoms. The average Bonchev–Trinajstić information content (AvgIpc) is 2.64. The van der Waals surface area contributed by atoms with E-state index in [-0.39, 0.29) is 0 Å². The Balaban J connectivity index is 2.12. The Bertz CT molecular complexity index is 269. The van der Waals surface area contributed by atoms with E-state index >= 15 is 0 Å². The van der Waals surface area contributed by atoms with Crippen molar-refractivity contribution in [1.82, 2.24) is 5.32 Å². The van der Waals surface area contributed by atoms with E-state index in [1.165, 1.54) is 5.71 Å². The summed E-state index contributed by atoms with van der Waals surface area (Å²) in [4.78, 5) is 4.23. The zero-order valence-corrected chi connectivity index (χ0v) is 7.59. The third-order valence-corrected chi connectivity index (χ3v) is 2.61. The van der Waals surface area contributed by atoms with E-state index in [4.69, 9.17) is 0 Å². The van der Waals surface area contributed by atoms with E-state index in [1.807, 2.05) is 0 Å². The fourth-order valence-corrected chi connectivity index (χ4v) is 1.62. The van der Waals surface area contributed by atoms with E-state index in [9.17, 15) is 0 Å². The summed E-state index contributed by atoms with van der Waals surface area (Å²) in [5.41, 5.74) is 1.25. The quantitative estimate of drug-likeness (QED) is 0.531. The molecule has 1 fully saturated rings. The van der Waals surface area contributed by atoms with Crippen LogP contribution < -0.4 is 5.32 Å². The van der Waals surface area contributed by atoms with Crippen LogP contribution in [0.2, 0.25) is 0 Å². The summed E-state index contributed by atoms with van der Waals surface area (Å²) in [5, 5.41) is 3.53. The maximum absolute atomic E-state index is 4.23. The SMILES string of the molecule is CC1CCC#C/N=C2/C(C)C2N1. The van der Waals surface area contributed by atoms with Crippen molar-refractivity contribution in [3.05, 3.63) is 0 Å². The Hall–Kier alpha value is -0.810. The Morgan fingerprint density at radius 1 is 1.50 bits per heavy atom. The fraction of sp³-hybridized carbons (Fsp3) is 0.700. The average molecular weight is 162 g/mol. The molecule has 1 heterocycles. The summed E-state index contributed by atoms with van der Waals surface area (Å²) in [6.07, 6.45) is 2.10. The topological polar surface area (TPSA) is 24.4 Å². The molecule has 0 bridgehead atoms. The zero-order valence-electron chi connectivity index (χ0n) is 7.59. The second-order valence-electron chi connectivity index (χ2n) is 3.70. The second-order valence-corrected chi connectivity index (χ2v) is 3.70. The van der Waals surface area contributed by atoms with Gasteiger partial charge in [0.1, 0.15) is 0 Å². The number of hydrogen-bond acceptors (Lipinski definition) is 2. The van der Waals surface area contributed by atoms with Gasteiger partial charge < -0.3 is 5.32 Å². The van der Waals surface area contributed by atoms with Gasteiger partial charge in [-0.3, -0.25) is 0 Å². The van der Waals surface area contributed by atoms with Crippen molar-refractivity contribution in [1.29, 1.82) is 0 Å². The van der Waals surface area contributed by atoms with Gasteiger partial charge in [0.15, 0.2) is 0 Å². The molecule has 1 N–H and O–H groups in total. The minimum Gasteiger partial charge on any atom is -0.306 e. The normalized spacial score (nSPS) is 43.5. The Labute approximate surface area is 73.5 Å². The monoisotopic (exact) mass is 162 g/mol. The first-order chi connectivity index (χ1) is 5.79. The van der Waals surface area contributed by atoms with Crippen molar-refractivity contribution in [3.8, 4) is 12.0 Å². The van der Waals surface area contributed by atoms with Crippen LogP contribution in [0, 0.1) is 17.9 Å². The van der Waals surface area contributed by atoms with Gasteiger partial charge in [-0.2, -0.15) is 0 Å². The van der Waals surface area contributed by atoms with Gasteiger partial charge in [-0.05, 0) is 13.3 Å². The molecule has 0 aromatic heterocycles. The molecule has 0 aromatic rings. The number of nitrogens with one attached hydrogen (secondary N) is 1. The maximum atomic E-state index is 4.23. The zero-order chi connectivity index (χ0) is 8.55. The Kier molecular flexibility index (Phi) is 1.90. The molecule has 0 saturated heterocycles. The van der Waals surface area contributed by atoms with Crippen LogP contribution in [0.5, 0.6) is 0 Å². The maximum Gasteiger partial charge on any atom is 0.0548 e. The molecule has 0 aromatic carbocycles. The molecule has 64 valence electrons. The molecule has 0 spiro atoms. The van der Waals surface area contributed by atoms with Gasteiger partial charge in [0.25, 0.3) is 0 Å². The van der Waals surface area contributed by atoms with Crippen LogP contribution in [-0.4, -0.2) is 17.8 Å². The molecule has 2 heteroatoms. The van der Waals surface area contributed by atoms with Gasteiger partial charge in [-0.15, -0.1) is 0 Å². The first kappa shape index (κ1) is 7.82. The third-order valence-electron chi connectivity index (χ3n) is 2.61. The number of rotatable bonds is 0. The summed E-state index contributed by atoms with van der Waals surface area (Å²) in [7, 11) is 0. The fourth-order valence-electron chi connectivity index (χ4n) is 1.62. The number of fused-ring (bicyclic) bond motifs is 1. The number of hydrogen-bond donors (Lipinski definition) is 1. The van der Waals surface area contributed by atoms with Crippen molar-refractivity contribution >= 4 is 5.71 Å². The van der Waals surface area contributed by atoms with Gasteiger partial charge in [0, 0.05) is 24.4 Å². The van der Waals surface area contributed by atoms with Crippen molar-refractivity contribution < 1.29 is 0 Å². The molecule has 2 aliphatic rings. The van der Waals surface area contributed by atoms with Crippen molar-refractivity contribution in [2.75, 3.05) is 0 Å². The highest BCUT2D eigenvalue weighted by molar-refractivity contribution is 6.07. The standard InChI is InChI=1S/C10H14N2/c1-7-5-3-4-6-11-9-8(2)10(9)12-7/h7-8,10,12H,3,5H2,1-2H3/b11-9-.